The monoisotopic (exact) mass is 310 g/mol. The van der Waals surface area contributed by atoms with Crippen LogP contribution in [0.4, 0.5) is 0 Å². The fourth-order valence-corrected chi connectivity index (χ4v) is 2.85. The second kappa shape index (κ2) is 9.92. The third kappa shape index (κ3) is 7.19. The first kappa shape index (κ1) is 18.1. The molecule has 7 N–H and O–H groups in total. The molecule has 1 fully saturated rings. The summed E-state index contributed by atoms with van der Waals surface area (Å²) in [5, 5.41) is 12.8. The van der Waals surface area contributed by atoms with Crippen LogP contribution in [0.1, 0.15) is 44.9 Å². The Morgan fingerprint density at radius 3 is 2.45 bits per heavy atom. The van der Waals surface area contributed by atoms with Crippen LogP contribution in [-0.2, 0) is 4.79 Å². The Bertz CT molecular complexity index is 378. The van der Waals surface area contributed by atoms with E-state index in [9.17, 15) is 4.79 Å². The van der Waals surface area contributed by atoms with Crippen molar-refractivity contribution in [1.29, 1.82) is 5.41 Å². The van der Waals surface area contributed by atoms with E-state index >= 15 is 0 Å². The summed E-state index contributed by atoms with van der Waals surface area (Å²) < 4.78 is 0. The van der Waals surface area contributed by atoms with Crippen LogP contribution in [0.3, 0.4) is 0 Å². The molecule has 0 aromatic rings. The number of hydrogen-bond acceptors (Lipinski definition) is 4. The molecule has 1 amide bonds. The van der Waals surface area contributed by atoms with Gasteiger partial charge >= 0.3 is 0 Å². The number of carbonyl (C=O) groups is 1. The van der Waals surface area contributed by atoms with Crippen molar-refractivity contribution in [3.63, 3.8) is 0 Å². The van der Waals surface area contributed by atoms with Gasteiger partial charge in [-0.05, 0) is 19.3 Å². The van der Waals surface area contributed by atoms with Crippen molar-refractivity contribution in [2.75, 3.05) is 19.6 Å². The lowest BCUT2D eigenvalue weighted by atomic mass is 9.94. The van der Waals surface area contributed by atoms with Gasteiger partial charge in [0.15, 0.2) is 5.96 Å². The van der Waals surface area contributed by atoms with E-state index in [1.165, 1.54) is 19.3 Å². The summed E-state index contributed by atoms with van der Waals surface area (Å²) in [5.41, 5.74) is 10.7. The Morgan fingerprint density at radius 2 is 1.86 bits per heavy atom. The molecule has 0 unspecified atom stereocenters. The first-order valence-electron chi connectivity index (χ1n) is 8.06. The number of carbonyl (C=O) groups excluding carboxylic acids is 1. The largest absolute Gasteiger partial charge is 0.386 e. The van der Waals surface area contributed by atoms with Crippen molar-refractivity contribution in [3.8, 4) is 0 Å². The molecule has 1 aliphatic carbocycles. The van der Waals surface area contributed by atoms with Crippen LogP contribution in [-0.4, -0.2) is 42.4 Å². The maximum atomic E-state index is 12.5. The highest BCUT2D eigenvalue weighted by atomic mass is 16.2. The average molecular weight is 310 g/mol. The summed E-state index contributed by atoms with van der Waals surface area (Å²) in [6.45, 7) is 5.46. The molecule has 22 heavy (non-hydrogen) atoms. The summed E-state index contributed by atoms with van der Waals surface area (Å²) in [4.78, 5) is 14.5. The van der Waals surface area contributed by atoms with E-state index in [2.05, 4.69) is 17.2 Å². The highest BCUT2D eigenvalue weighted by molar-refractivity contribution is 5.78. The average Bonchev–Trinajstić information content (AvgIpc) is 2.47. The van der Waals surface area contributed by atoms with Gasteiger partial charge in [0.2, 0.25) is 5.91 Å². The summed E-state index contributed by atoms with van der Waals surface area (Å²) >= 11 is 0. The third-order valence-electron chi connectivity index (χ3n) is 3.92. The van der Waals surface area contributed by atoms with Crippen molar-refractivity contribution in [1.82, 2.24) is 15.5 Å². The van der Waals surface area contributed by atoms with E-state index in [1.807, 2.05) is 4.90 Å². The number of hydrogen-bond donors (Lipinski definition) is 5. The maximum absolute atomic E-state index is 12.5. The number of nitrogens with two attached hydrogens (primary N) is 2. The smallest absolute Gasteiger partial charge is 0.224 e. The SMILES string of the molecule is C=C(N)NCCCN(C(=O)CCNC(=N)N)C1CCCCC1. The van der Waals surface area contributed by atoms with Crippen LogP contribution < -0.4 is 22.1 Å². The molecule has 0 saturated heterocycles. The lowest BCUT2D eigenvalue weighted by Gasteiger charge is -2.34. The Labute approximate surface area is 133 Å². The van der Waals surface area contributed by atoms with E-state index in [4.69, 9.17) is 16.9 Å². The van der Waals surface area contributed by atoms with Gasteiger partial charge in [-0.3, -0.25) is 10.2 Å². The normalized spacial score (nSPS) is 15.1. The zero-order valence-corrected chi connectivity index (χ0v) is 13.4. The molecule has 7 heteroatoms. The summed E-state index contributed by atoms with van der Waals surface area (Å²) in [5.74, 6) is 0.496. The van der Waals surface area contributed by atoms with Crippen LogP contribution in [0, 0.1) is 5.41 Å². The predicted molar refractivity (Wildman–Crippen MR) is 89.1 cm³/mol. The van der Waals surface area contributed by atoms with Crippen LogP contribution in [0.5, 0.6) is 0 Å². The molecule has 7 nitrogen and oxygen atoms in total. The van der Waals surface area contributed by atoms with E-state index in [0.29, 0.717) is 24.8 Å². The van der Waals surface area contributed by atoms with Gasteiger partial charge in [-0.1, -0.05) is 25.8 Å². The number of rotatable bonds is 9. The van der Waals surface area contributed by atoms with Gasteiger partial charge < -0.3 is 27.0 Å². The Morgan fingerprint density at radius 1 is 1.18 bits per heavy atom. The van der Waals surface area contributed by atoms with Gasteiger partial charge in [-0.25, -0.2) is 0 Å². The fraction of sp³-hybridized carbons (Fsp3) is 0.733. The second-order valence-corrected chi connectivity index (χ2v) is 5.77. The maximum Gasteiger partial charge on any atom is 0.224 e. The standard InChI is InChI=1S/C15H30N6O/c1-12(16)19-9-5-11-21(13-6-3-2-4-7-13)14(22)8-10-20-15(17)18/h13,19H,1-11,16H2,(H4,17,18,20). The van der Waals surface area contributed by atoms with Crippen molar-refractivity contribution in [2.45, 2.75) is 51.0 Å². The molecule has 0 aliphatic heterocycles. The summed E-state index contributed by atoms with van der Waals surface area (Å²) in [6.07, 6.45) is 7.03. The van der Waals surface area contributed by atoms with E-state index < -0.39 is 0 Å². The molecule has 0 aromatic carbocycles. The Kier molecular flexibility index (Phi) is 8.17. The summed E-state index contributed by atoms with van der Waals surface area (Å²) in [7, 11) is 0. The van der Waals surface area contributed by atoms with E-state index in [-0.39, 0.29) is 11.9 Å². The topological polar surface area (TPSA) is 120 Å². The van der Waals surface area contributed by atoms with Gasteiger partial charge in [0.1, 0.15) is 0 Å². The fourth-order valence-electron chi connectivity index (χ4n) is 2.85. The molecule has 1 rings (SSSR count). The Hall–Kier alpha value is -1.92. The van der Waals surface area contributed by atoms with Crippen molar-refractivity contribution < 1.29 is 4.79 Å². The number of amides is 1. The molecule has 0 atom stereocenters. The van der Waals surface area contributed by atoms with Crippen molar-refractivity contribution in [3.05, 3.63) is 12.4 Å². The van der Waals surface area contributed by atoms with E-state index in [1.54, 1.807) is 0 Å². The molecule has 0 heterocycles. The first-order chi connectivity index (χ1) is 10.5. The highest BCUT2D eigenvalue weighted by Gasteiger charge is 2.24. The number of guanidine groups is 1. The van der Waals surface area contributed by atoms with Crippen LogP contribution in [0.2, 0.25) is 0 Å². The number of nitrogens with one attached hydrogen (secondary N) is 3. The molecule has 0 radical (unpaired) electrons. The Balaban J connectivity index is 2.46. The van der Waals surface area contributed by atoms with E-state index in [0.717, 1.165) is 32.4 Å². The van der Waals surface area contributed by atoms with Gasteiger partial charge in [-0.15, -0.1) is 0 Å². The highest BCUT2D eigenvalue weighted by Crippen LogP contribution is 2.23. The lowest BCUT2D eigenvalue weighted by Crippen LogP contribution is -2.44. The summed E-state index contributed by atoms with van der Waals surface area (Å²) in [6, 6.07) is 0.347. The second-order valence-electron chi connectivity index (χ2n) is 5.77. The lowest BCUT2D eigenvalue weighted by molar-refractivity contribution is -0.134. The minimum Gasteiger partial charge on any atom is -0.386 e. The molecule has 1 saturated carbocycles. The molecular weight excluding hydrogens is 280 g/mol. The zero-order valence-electron chi connectivity index (χ0n) is 13.4. The molecule has 0 aromatic heterocycles. The number of nitrogens with zero attached hydrogens (tertiary/aromatic N) is 1. The van der Waals surface area contributed by atoms with Crippen LogP contribution >= 0.6 is 0 Å². The third-order valence-corrected chi connectivity index (χ3v) is 3.92. The minimum absolute atomic E-state index is 0.0947. The van der Waals surface area contributed by atoms with Gasteiger partial charge in [0.25, 0.3) is 0 Å². The minimum atomic E-state index is -0.0947. The van der Waals surface area contributed by atoms with Crippen molar-refractivity contribution in [2.24, 2.45) is 11.5 Å². The first-order valence-corrected chi connectivity index (χ1v) is 8.06. The van der Waals surface area contributed by atoms with Gasteiger partial charge in [0.05, 0.1) is 5.82 Å². The molecule has 0 spiro atoms. The molecular formula is C15H30N6O. The molecule has 0 bridgehead atoms. The molecule has 1 aliphatic rings. The van der Waals surface area contributed by atoms with Gasteiger partial charge in [-0.2, -0.15) is 0 Å². The van der Waals surface area contributed by atoms with Crippen molar-refractivity contribution >= 4 is 11.9 Å². The quantitative estimate of drug-likeness (QED) is 0.240. The van der Waals surface area contributed by atoms with Gasteiger partial charge in [0, 0.05) is 32.1 Å². The van der Waals surface area contributed by atoms with Crippen LogP contribution in [0.15, 0.2) is 12.4 Å². The predicted octanol–water partition coefficient (Wildman–Crippen LogP) is 0.430. The van der Waals surface area contributed by atoms with Crippen LogP contribution in [0.25, 0.3) is 0 Å². The zero-order chi connectivity index (χ0) is 16.4. The molecule has 126 valence electrons.